The molecular formula is C14H19BrFN. The average Bonchev–Trinajstić information content (AvgIpc) is 3.02. The Labute approximate surface area is 111 Å². The van der Waals surface area contributed by atoms with Crippen molar-refractivity contribution in [2.45, 2.75) is 39.2 Å². The largest absolute Gasteiger partial charge is 0.314 e. The molecule has 0 heterocycles. The van der Waals surface area contributed by atoms with Gasteiger partial charge in [0.05, 0.1) is 4.47 Å². The summed E-state index contributed by atoms with van der Waals surface area (Å²) in [7, 11) is 0. The van der Waals surface area contributed by atoms with Crippen LogP contribution >= 0.6 is 15.9 Å². The van der Waals surface area contributed by atoms with Crippen LogP contribution < -0.4 is 5.32 Å². The lowest BCUT2D eigenvalue weighted by Crippen LogP contribution is -2.30. The van der Waals surface area contributed by atoms with Crippen molar-refractivity contribution in [2.75, 3.05) is 6.54 Å². The number of nitrogens with one attached hydrogen (secondary N) is 1. The molecule has 1 fully saturated rings. The van der Waals surface area contributed by atoms with Gasteiger partial charge in [-0.15, -0.1) is 0 Å². The van der Waals surface area contributed by atoms with Gasteiger partial charge in [-0.2, -0.15) is 0 Å². The Morgan fingerprint density at radius 3 is 2.65 bits per heavy atom. The van der Waals surface area contributed by atoms with Crippen LogP contribution in [0.1, 0.15) is 32.3 Å². The first-order valence-corrected chi connectivity index (χ1v) is 6.97. The van der Waals surface area contributed by atoms with Crippen LogP contribution in [0.15, 0.2) is 22.7 Å². The van der Waals surface area contributed by atoms with Gasteiger partial charge in [0.2, 0.25) is 0 Å². The van der Waals surface area contributed by atoms with Crippen molar-refractivity contribution >= 4 is 15.9 Å². The predicted molar refractivity (Wildman–Crippen MR) is 72.6 cm³/mol. The second kappa shape index (κ2) is 5.07. The predicted octanol–water partition coefficient (Wildman–Crippen LogP) is 3.91. The van der Waals surface area contributed by atoms with Crippen LogP contribution in [0.25, 0.3) is 0 Å². The highest BCUT2D eigenvalue weighted by Crippen LogP contribution is 2.48. The molecule has 0 aromatic heterocycles. The molecule has 1 N–H and O–H groups in total. The molecule has 1 saturated carbocycles. The monoisotopic (exact) mass is 299 g/mol. The fraction of sp³-hybridized carbons (Fsp3) is 0.571. The molecule has 0 radical (unpaired) electrons. The molecule has 2 rings (SSSR count). The fourth-order valence-electron chi connectivity index (χ4n) is 2.10. The molecule has 94 valence electrons. The van der Waals surface area contributed by atoms with Gasteiger partial charge in [-0.25, -0.2) is 4.39 Å². The third kappa shape index (κ3) is 3.52. The molecule has 17 heavy (non-hydrogen) atoms. The topological polar surface area (TPSA) is 12.0 Å². The minimum atomic E-state index is -0.182. The summed E-state index contributed by atoms with van der Waals surface area (Å²) in [6.45, 7) is 5.41. The molecule has 1 nitrogen and oxygen atoms in total. The zero-order valence-electron chi connectivity index (χ0n) is 10.4. The van der Waals surface area contributed by atoms with Crippen molar-refractivity contribution in [1.82, 2.24) is 5.32 Å². The van der Waals surface area contributed by atoms with Gasteiger partial charge in [-0.3, -0.25) is 0 Å². The summed E-state index contributed by atoms with van der Waals surface area (Å²) in [6.07, 6.45) is 3.61. The van der Waals surface area contributed by atoms with Crippen molar-refractivity contribution < 1.29 is 4.39 Å². The molecule has 3 heteroatoms. The Morgan fingerprint density at radius 2 is 2.12 bits per heavy atom. The zero-order chi connectivity index (χ0) is 12.5. The van der Waals surface area contributed by atoms with Crippen LogP contribution in [0.5, 0.6) is 0 Å². The number of hydrogen-bond acceptors (Lipinski definition) is 1. The maximum atomic E-state index is 13.1. The van der Waals surface area contributed by atoms with Gasteiger partial charge in [0, 0.05) is 12.6 Å². The van der Waals surface area contributed by atoms with Gasteiger partial charge in [0.1, 0.15) is 5.82 Å². The first kappa shape index (κ1) is 13.0. The van der Waals surface area contributed by atoms with E-state index >= 15 is 0 Å². The lowest BCUT2D eigenvalue weighted by molar-refractivity contribution is 0.429. The maximum absolute atomic E-state index is 13.1. The molecular weight excluding hydrogens is 281 g/mol. The normalized spacial score (nSPS) is 17.5. The summed E-state index contributed by atoms with van der Waals surface area (Å²) < 4.78 is 13.7. The van der Waals surface area contributed by atoms with Crippen LogP contribution in [-0.4, -0.2) is 12.6 Å². The highest BCUT2D eigenvalue weighted by Gasteiger charge is 2.42. The number of hydrogen-bond donors (Lipinski definition) is 1. The zero-order valence-corrected chi connectivity index (χ0v) is 12.0. The summed E-state index contributed by atoms with van der Waals surface area (Å²) in [4.78, 5) is 0. The Hall–Kier alpha value is -0.410. The van der Waals surface area contributed by atoms with E-state index in [0.29, 0.717) is 15.9 Å². The molecule has 0 unspecified atom stereocenters. The molecule has 1 aromatic rings. The van der Waals surface area contributed by atoms with E-state index in [1.807, 2.05) is 12.1 Å². The molecule has 0 amide bonds. The molecule has 1 aliphatic carbocycles. The van der Waals surface area contributed by atoms with Gasteiger partial charge >= 0.3 is 0 Å². The summed E-state index contributed by atoms with van der Waals surface area (Å²) in [5.74, 6) is -0.182. The number of benzene rings is 1. The highest BCUT2D eigenvalue weighted by atomic mass is 79.9. The van der Waals surface area contributed by atoms with Crippen molar-refractivity contribution in [3.05, 3.63) is 34.1 Å². The molecule has 1 aromatic carbocycles. The lowest BCUT2D eigenvalue weighted by atomic mass is 9.96. The van der Waals surface area contributed by atoms with Gasteiger partial charge in [-0.1, -0.05) is 19.9 Å². The minimum absolute atomic E-state index is 0.182. The maximum Gasteiger partial charge on any atom is 0.137 e. The Morgan fingerprint density at radius 1 is 1.41 bits per heavy atom. The average molecular weight is 300 g/mol. The van der Waals surface area contributed by atoms with E-state index in [9.17, 15) is 4.39 Å². The third-order valence-electron chi connectivity index (χ3n) is 3.41. The van der Waals surface area contributed by atoms with Crippen LogP contribution in [0.3, 0.4) is 0 Å². The van der Waals surface area contributed by atoms with E-state index in [1.165, 1.54) is 18.4 Å². The Balaban J connectivity index is 1.98. The molecule has 0 saturated heterocycles. The van der Waals surface area contributed by atoms with Crippen LogP contribution in [0.4, 0.5) is 4.39 Å². The SMILES string of the molecule is CC(C)NCC1(Cc2ccc(F)c(Br)c2)CC1. The highest BCUT2D eigenvalue weighted by molar-refractivity contribution is 9.10. The Bertz CT molecular complexity index is 399. The summed E-state index contributed by atoms with van der Waals surface area (Å²) in [6, 6.07) is 5.89. The standard InChI is InChI=1S/C14H19BrFN/c1-10(2)17-9-14(5-6-14)8-11-3-4-13(16)12(15)7-11/h3-4,7,10,17H,5-6,8-9H2,1-2H3. The van der Waals surface area contributed by atoms with E-state index in [2.05, 4.69) is 35.1 Å². The van der Waals surface area contributed by atoms with Crippen LogP contribution in [0.2, 0.25) is 0 Å². The van der Waals surface area contributed by atoms with E-state index in [-0.39, 0.29) is 5.82 Å². The van der Waals surface area contributed by atoms with Crippen molar-refractivity contribution in [3.63, 3.8) is 0 Å². The first-order chi connectivity index (χ1) is 8.01. The third-order valence-corrected chi connectivity index (χ3v) is 4.01. The fourth-order valence-corrected chi connectivity index (χ4v) is 2.52. The van der Waals surface area contributed by atoms with E-state index in [1.54, 1.807) is 6.07 Å². The van der Waals surface area contributed by atoms with Crippen LogP contribution in [-0.2, 0) is 6.42 Å². The molecule has 0 aliphatic heterocycles. The lowest BCUT2D eigenvalue weighted by Gasteiger charge is -2.18. The van der Waals surface area contributed by atoms with E-state index < -0.39 is 0 Å². The first-order valence-electron chi connectivity index (χ1n) is 6.18. The Kier molecular flexibility index (Phi) is 3.88. The quantitative estimate of drug-likeness (QED) is 0.869. The summed E-state index contributed by atoms with van der Waals surface area (Å²) in [5, 5.41) is 3.51. The smallest absolute Gasteiger partial charge is 0.137 e. The number of halogens is 2. The second-order valence-corrected chi connectivity index (χ2v) is 6.32. The van der Waals surface area contributed by atoms with Crippen molar-refractivity contribution in [2.24, 2.45) is 5.41 Å². The van der Waals surface area contributed by atoms with Crippen molar-refractivity contribution in [3.8, 4) is 0 Å². The van der Waals surface area contributed by atoms with E-state index in [4.69, 9.17) is 0 Å². The van der Waals surface area contributed by atoms with Gasteiger partial charge in [-0.05, 0) is 58.3 Å². The van der Waals surface area contributed by atoms with Crippen LogP contribution in [0, 0.1) is 11.2 Å². The molecule has 0 spiro atoms. The number of rotatable bonds is 5. The van der Waals surface area contributed by atoms with Gasteiger partial charge < -0.3 is 5.32 Å². The molecule has 0 atom stereocenters. The summed E-state index contributed by atoms with van der Waals surface area (Å²) in [5.41, 5.74) is 1.64. The van der Waals surface area contributed by atoms with Gasteiger partial charge in [0.25, 0.3) is 0 Å². The summed E-state index contributed by atoms with van der Waals surface area (Å²) >= 11 is 3.25. The second-order valence-electron chi connectivity index (χ2n) is 5.46. The minimum Gasteiger partial charge on any atom is -0.314 e. The molecule has 1 aliphatic rings. The van der Waals surface area contributed by atoms with Gasteiger partial charge in [0.15, 0.2) is 0 Å². The van der Waals surface area contributed by atoms with Crippen molar-refractivity contribution in [1.29, 1.82) is 0 Å². The van der Waals surface area contributed by atoms with E-state index in [0.717, 1.165) is 13.0 Å². The molecule has 0 bridgehead atoms.